The SMILES string of the molecule is CC(C)/C=C(\C#N)c1cccnc1. The summed E-state index contributed by atoms with van der Waals surface area (Å²) in [5.41, 5.74) is 1.59. The van der Waals surface area contributed by atoms with Gasteiger partial charge in [-0.05, 0) is 12.0 Å². The second kappa shape index (κ2) is 4.42. The monoisotopic (exact) mass is 172 g/mol. The molecule has 0 aliphatic rings. The van der Waals surface area contributed by atoms with E-state index in [4.69, 9.17) is 5.26 Å². The predicted octanol–water partition coefficient (Wildman–Crippen LogP) is 2.64. The van der Waals surface area contributed by atoms with Crippen LogP contribution in [0.5, 0.6) is 0 Å². The van der Waals surface area contributed by atoms with Crippen LogP contribution in [-0.2, 0) is 0 Å². The van der Waals surface area contributed by atoms with E-state index in [1.54, 1.807) is 12.4 Å². The van der Waals surface area contributed by atoms with Gasteiger partial charge in [-0.3, -0.25) is 4.98 Å². The van der Waals surface area contributed by atoms with E-state index >= 15 is 0 Å². The smallest absolute Gasteiger partial charge is 0.0995 e. The van der Waals surface area contributed by atoms with Gasteiger partial charge in [0.05, 0.1) is 11.6 Å². The van der Waals surface area contributed by atoms with E-state index in [9.17, 15) is 0 Å². The van der Waals surface area contributed by atoms with Gasteiger partial charge in [0.15, 0.2) is 0 Å². The number of hydrogen-bond donors (Lipinski definition) is 0. The maximum Gasteiger partial charge on any atom is 0.0995 e. The molecule has 0 bridgehead atoms. The molecule has 0 radical (unpaired) electrons. The highest BCUT2D eigenvalue weighted by molar-refractivity contribution is 5.76. The molecule has 66 valence electrons. The molecule has 0 fully saturated rings. The lowest BCUT2D eigenvalue weighted by molar-refractivity contribution is 0.834. The maximum absolute atomic E-state index is 8.88. The Morgan fingerprint density at radius 3 is 2.85 bits per heavy atom. The maximum atomic E-state index is 8.88. The summed E-state index contributed by atoms with van der Waals surface area (Å²) >= 11 is 0. The van der Waals surface area contributed by atoms with Crippen LogP contribution in [0.25, 0.3) is 5.57 Å². The van der Waals surface area contributed by atoms with E-state index in [0.717, 1.165) is 5.56 Å². The second-order valence-electron chi connectivity index (χ2n) is 3.18. The van der Waals surface area contributed by atoms with Crippen molar-refractivity contribution in [2.75, 3.05) is 0 Å². The van der Waals surface area contributed by atoms with Crippen molar-refractivity contribution in [3.63, 3.8) is 0 Å². The molecular formula is C11H12N2. The van der Waals surface area contributed by atoms with Gasteiger partial charge in [0.2, 0.25) is 0 Å². The lowest BCUT2D eigenvalue weighted by atomic mass is 10.0. The fourth-order valence-electron chi connectivity index (χ4n) is 1.05. The number of allylic oxidation sites excluding steroid dienone is 2. The summed E-state index contributed by atoms with van der Waals surface area (Å²) in [7, 11) is 0. The topological polar surface area (TPSA) is 36.7 Å². The Labute approximate surface area is 78.5 Å². The Hall–Kier alpha value is -1.62. The third kappa shape index (κ3) is 2.72. The highest BCUT2D eigenvalue weighted by Gasteiger charge is 2.00. The van der Waals surface area contributed by atoms with Gasteiger partial charge in [-0.1, -0.05) is 26.0 Å². The molecule has 0 aliphatic carbocycles. The highest BCUT2D eigenvalue weighted by Crippen LogP contribution is 2.14. The molecule has 0 saturated heterocycles. The zero-order valence-corrected chi connectivity index (χ0v) is 7.86. The first kappa shape index (κ1) is 9.47. The molecule has 1 aromatic heterocycles. The third-order valence-corrected chi connectivity index (χ3v) is 1.59. The Morgan fingerprint density at radius 2 is 2.38 bits per heavy atom. The van der Waals surface area contributed by atoms with Crippen molar-refractivity contribution >= 4 is 5.57 Å². The molecule has 13 heavy (non-hydrogen) atoms. The summed E-state index contributed by atoms with van der Waals surface area (Å²) in [6.07, 6.45) is 5.35. The van der Waals surface area contributed by atoms with Crippen LogP contribution in [0.3, 0.4) is 0 Å². The van der Waals surface area contributed by atoms with E-state index in [1.165, 1.54) is 0 Å². The van der Waals surface area contributed by atoms with Gasteiger partial charge in [0, 0.05) is 18.0 Å². The number of aromatic nitrogens is 1. The average molecular weight is 172 g/mol. The van der Waals surface area contributed by atoms with Crippen molar-refractivity contribution in [1.29, 1.82) is 5.26 Å². The van der Waals surface area contributed by atoms with Gasteiger partial charge < -0.3 is 0 Å². The third-order valence-electron chi connectivity index (χ3n) is 1.59. The number of pyridine rings is 1. The summed E-state index contributed by atoms with van der Waals surface area (Å²) in [6.45, 7) is 4.10. The molecule has 1 heterocycles. The van der Waals surface area contributed by atoms with Crippen LogP contribution in [0.15, 0.2) is 30.6 Å². The molecule has 2 heteroatoms. The summed E-state index contributed by atoms with van der Waals surface area (Å²) in [4.78, 5) is 3.97. The van der Waals surface area contributed by atoms with Crippen LogP contribution < -0.4 is 0 Å². The molecule has 0 N–H and O–H groups in total. The van der Waals surface area contributed by atoms with Gasteiger partial charge >= 0.3 is 0 Å². The van der Waals surface area contributed by atoms with Gasteiger partial charge in [0.25, 0.3) is 0 Å². The van der Waals surface area contributed by atoms with Crippen molar-refractivity contribution in [2.45, 2.75) is 13.8 Å². The van der Waals surface area contributed by atoms with Crippen molar-refractivity contribution < 1.29 is 0 Å². The summed E-state index contributed by atoms with van der Waals surface area (Å²) in [5.74, 6) is 0.384. The first-order valence-corrected chi connectivity index (χ1v) is 4.26. The van der Waals surface area contributed by atoms with Crippen LogP contribution in [-0.4, -0.2) is 4.98 Å². The molecule has 0 atom stereocenters. The van der Waals surface area contributed by atoms with E-state index in [-0.39, 0.29) is 0 Å². The number of hydrogen-bond acceptors (Lipinski definition) is 2. The average Bonchev–Trinajstić information content (AvgIpc) is 2.15. The van der Waals surface area contributed by atoms with E-state index in [0.29, 0.717) is 11.5 Å². The zero-order valence-electron chi connectivity index (χ0n) is 7.86. The van der Waals surface area contributed by atoms with Crippen molar-refractivity contribution in [2.24, 2.45) is 5.92 Å². The summed E-state index contributed by atoms with van der Waals surface area (Å²) in [5, 5.41) is 8.88. The lowest BCUT2D eigenvalue weighted by Crippen LogP contribution is -1.86. The standard InChI is InChI=1S/C11H12N2/c1-9(2)6-11(7-12)10-4-3-5-13-8-10/h3-6,8-9H,1-2H3/b11-6+. The molecule has 1 rings (SSSR count). The minimum absolute atomic E-state index is 0.384. The summed E-state index contributed by atoms with van der Waals surface area (Å²) in [6, 6.07) is 5.90. The molecule has 2 nitrogen and oxygen atoms in total. The number of nitriles is 1. The summed E-state index contributed by atoms with van der Waals surface area (Å²) < 4.78 is 0. The minimum Gasteiger partial charge on any atom is -0.264 e. The van der Waals surface area contributed by atoms with Gasteiger partial charge in [0.1, 0.15) is 0 Å². The molecule has 0 aromatic carbocycles. The van der Waals surface area contributed by atoms with E-state index in [2.05, 4.69) is 11.1 Å². The number of nitrogens with zero attached hydrogens (tertiary/aromatic N) is 2. The lowest BCUT2D eigenvalue weighted by Gasteiger charge is -1.99. The molecule has 0 spiro atoms. The van der Waals surface area contributed by atoms with E-state index in [1.807, 2.05) is 32.1 Å². The second-order valence-corrected chi connectivity index (χ2v) is 3.18. The Morgan fingerprint density at radius 1 is 1.62 bits per heavy atom. The van der Waals surface area contributed by atoms with Crippen LogP contribution in [0.2, 0.25) is 0 Å². The first-order chi connectivity index (χ1) is 6.24. The Kier molecular flexibility index (Phi) is 3.22. The van der Waals surface area contributed by atoms with Crippen LogP contribution >= 0.6 is 0 Å². The largest absolute Gasteiger partial charge is 0.264 e. The molecule has 0 aliphatic heterocycles. The molecule has 0 saturated carbocycles. The molecule has 0 amide bonds. The predicted molar refractivity (Wildman–Crippen MR) is 52.7 cm³/mol. The zero-order chi connectivity index (χ0) is 9.68. The Bertz CT molecular complexity index is 331. The fraction of sp³-hybridized carbons (Fsp3) is 0.273. The van der Waals surface area contributed by atoms with Crippen LogP contribution in [0.4, 0.5) is 0 Å². The first-order valence-electron chi connectivity index (χ1n) is 4.26. The van der Waals surface area contributed by atoms with Gasteiger partial charge in [-0.15, -0.1) is 0 Å². The van der Waals surface area contributed by atoms with Crippen molar-refractivity contribution in [3.8, 4) is 6.07 Å². The quantitative estimate of drug-likeness (QED) is 0.643. The highest BCUT2D eigenvalue weighted by atomic mass is 14.6. The molecule has 0 unspecified atom stereocenters. The number of rotatable bonds is 2. The van der Waals surface area contributed by atoms with Gasteiger partial charge in [-0.2, -0.15) is 5.26 Å². The molecular weight excluding hydrogens is 160 g/mol. The van der Waals surface area contributed by atoms with Crippen LogP contribution in [0, 0.1) is 17.2 Å². The van der Waals surface area contributed by atoms with Crippen molar-refractivity contribution in [3.05, 3.63) is 36.2 Å². The Balaban J connectivity index is 3.00. The van der Waals surface area contributed by atoms with Crippen molar-refractivity contribution in [1.82, 2.24) is 4.98 Å². The molecule has 1 aromatic rings. The van der Waals surface area contributed by atoms with Gasteiger partial charge in [-0.25, -0.2) is 0 Å². The fourth-order valence-corrected chi connectivity index (χ4v) is 1.05. The van der Waals surface area contributed by atoms with Crippen LogP contribution in [0.1, 0.15) is 19.4 Å². The van der Waals surface area contributed by atoms with E-state index < -0.39 is 0 Å². The normalized spacial score (nSPS) is 11.4. The minimum atomic E-state index is 0.384.